The van der Waals surface area contributed by atoms with Crippen LogP contribution in [0.1, 0.15) is 54.6 Å². The lowest BCUT2D eigenvalue weighted by atomic mass is 9.97. The van der Waals surface area contributed by atoms with E-state index in [-0.39, 0.29) is 5.91 Å². The first-order valence-electron chi connectivity index (χ1n) is 9.75. The number of hydrogen-bond donors (Lipinski definition) is 0. The van der Waals surface area contributed by atoms with Gasteiger partial charge in [-0.1, -0.05) is 12.1 Å². The van der Waals surface area contributed by atoms with Crippen LogP contribution in [-0.2, 0) is 0 Å². The number of fused-ring (bicyclic) bond motifs is 1. The average Bonchev–Trinajstić information content (AvgIpc) is 3.27. The second-order valence-electron chi connectivity index (χ2n) is 7.57. The van der Waals surface area contributed by atoms with E-state index >= 15 is 0 Å². The van der Waals surface area contributed by atoms with Crippen molar-refractivity contribution in [3.63, 3.8) is 0 Å². The molecule has 1 atom stereocenters. The fraction of sp³-hybridized carbons (Fsp3) is 0.571. The minimum absolute atomic E-state index is 0.145. The van der Waals surface area contributed by atoms with Gasteiger partial charge in [-0.05, 0) is 70.7 Å². The third kappa shape index (κ3) is 3.45. The molecule has 0 saturated carbocycles. The van der Waals surface area contributed by atoms with E-state index in [1.54, 1.807) is 0 Å². The molecule has 2 fully saturated rings. The van der Waals surface area contributed by atoms with Gasteiger partial charge < -0.3 is 14.2 Å². The Morgan fingerprint density at radius 1 is 1.16 bits per heavy atom. The van der Waals surface area contributed by atoms with Gasteiger partial charge in [-0.25, -0.2) is 0 Å². The van der Waals surface area contributed by atoms with Crippen LogP contribution < -0.4 is 0 Å². The lowest BCUT2D eigenvalue weighted by Crippen LogP contribution is -2.45. The molecule has 0 aliphatic carbocycles. The van der Waals surface area contributed by atoms with E-state index in [4.69, 9.17) is 4.42 Å². The van der Waals surface area contributed by atoms with Crippen molar-refractivity contribution < 1.29 is 9.21 Å². The monoisotopic (exact) mass is 340 g/mol. The number of para-hydroxylation sites is 1. The molecule has 25 heavy (non-hydrogen) atoms. The zero-order valence-corrected chi connectivity index (χ0v) is 15.2. The molecule has 0 N–H and O–H groups in total. The van der Waals surface area contributed by atoms with Crippen LogP contribution in [0.25, 0.3) is 11.0 Å². The minimum atomic E-state index is 0.145. The Morgan fingerprint density at radius 2 is 1.96 bits per heavy atom. The highest BCUT2D eigenvalue weighted by molar-refractivity contribution is 6.05. The van der Waals surface area contributed by atoms with Gasteiger partial charge in [0.15, 0.2) is 0 Å². The molecular weight excluding hydrogens is 312 g/mol. The molecule has 2 saturated heterocycles. The SMILES string of the molecule is Cc1cc2cccc(C(=O)N3CCCCC3CCN3CCCC3)c2o1. The topological polar surface area (TPSA) is 36.7 Å². The number of amides is 1. The second-order valence-corrected chi connectivity index (χ2v) is 7.57. The largest absolute Gasteiger partial charge is 0.461 e. The number of likely N-dealkylation sites (tertiary alicyclic amines) is 2. The van der Waals surface area contributed by atoms with Crippen molar-refractivity contribution in [2.45, 2.75) is 51.5 Å². The lowest BCUT2D eigenvalue weighted by molar-refractivity contribution is 0.0589. The summed E-state index contributed by atoms with van der Waals surface area (Å²) in [5, 5.41) is 1.02. The van der Waals surface area contributed by atoms with Crippen LogP contribution in [0.2, 0.25) is 0 Å². The Bertz CT molecular complexity index is 745. The van der Waals surface area contributed by atoms with Gasteiger partial charge in [0.05, 0.1) is 5.56 Å². The maximum Gasteiger partial charge on any atom is 0.257 e. The van der Waals surface area contributed by atoms with Crippen LogP contribution in [0.15, 0.2) is 28.7 Å². The summed E-state index contributed by atoms with van der Waals surface area (Å²) >= 11 is 0. The van der Waals surface area contributed by atoms with Gasteiger partial charge in [0, 0.05) is 24.5 Å². The molecule has 0 spiro atoms. The van der Waals surface area contributed by atoms with Gasteiger partial charge in [-0.2, -0.15) is 0 Å². The van der Waals surface area contributed by atoms with Crippen LogP contribution in [0.3, 0.4) is 0 Å². The molecule has 1 amide bonds. The molecule has 4 heteroatoms. The van der Waals surface area contributed by atoms with E-state index in [9.17, 15) is 4.79 Å². The van der Waals surface area contributed by atoms with Gasteiger partial charge in [0.2, 0.25) is 0 Å². The number of rotatable bonds is 4. The number of piperidine rings is 1. The van der Waals surface area contributed by atoms with Crippen molar-refractivity contribution >= 4 is 16.9 Å². The normalized spacial score (nSPS) is 22.0. The van der Waals surface area contributed by atoms with Crippen LogP contribution in [0.4, 0.5) is 0 Å². The zero-order valence-electron chi connectivity index (χ0n) is 15.2. The highest BCUT2D eigenvalue weighted by atomic mass is 16.3. The van der Waals surface area contributed by atoms with Crippen molar-refractivity contribution in [2.24, 2.45) is 0 Å². The predicted octanol–water partition coefficient (Wildman–Crippen LogP) is 4.22. The molecule has 2 aliphatic heterocycles. The summed E-state index contributed by atoms with van der Waals surface area (Å²) in [6.07, 6.45) is 7.23. The third-order valence-electron chi connectivity index (χ3n) is 5.76. The number of hydrogen-bond acceptors (Lipinski definition) is 3. The van der Waals surface area contributed by atoms with E-state index in [1.807, 2.05) is 31.2 Å². The molecule has 4 rings (SSSR count). The maximum atomic E-state index is 13.3. The Hall–Kier alpha value is -1.81. The fourth-order valence-corrected chi connectivity index (χ4v) is 4.42. The van der Waals surface area contributed by atoms with E-state index < -0.39 is 0 Å². The molecule has 0 radical (unpaired) electrons. The summed E-state index contributed by atoms with van der Waals surface area (Å²) in [6.45, 7) is 6.39. The van der Waals surface area contributed by atoms with Gasteiger partial charge in [-0.3, -0.25) is 4.79 Å². The molecule has 3 heterocycles. The molecular formula is C21H28N2O2. The number of carbonyl (C=O) groups is 1. The van der Waals surface area contributed by atoms with E-state index in [0.717, 1.165) is 54.6 Å². The molecule has 1 unspecified atom stereocenters. The molecule has 2 aliphatic rings. The van der Waals surface area contributed by atoms with E-state index in [1.165, 1.54) is 32.4 Å². The summed E-state index contributed by atoms with van der Waals surface area (Å²) in [5.74, 6) is 1.01. The second kappa shape index (κ2) is 7.20. The Morgan fingerprint density at radius 3 is 2.80 bits per heavy atom. The number of aryl methyl sites for hydroxylation is 1. The fourth-order valence-electron chi connectivity index (χ4n) is 4.42. The van der Waals surface area contributed by atoms with Crippen LogP contribution in [0, 0.1) is 6.92 Å². The maximum absolute atomic E-state index is 13.3. The van der Waals surface area contributed by atoms with Gasteiger partial charge in [0.25, 0.3) is 5.91 Å². The predicted molar refractivity (Wildman–Crippen MR) is 99.9 cm³/mol. The van der Waals surface area contributed by atoms with Crippen molar-refractivity contribution in [1.82, 2.24) is 9.80 Å². The first kappa shape index (κ1) is 16.6. The van der Waals surface area contributed by atoms with Crippen molar-refractivity contribution in [1.29, 1.82) is 0 Å². The van der Waals surface area contributed by atoms with Crippen LogP contribution in [0.5, 0.6) is 0 Å². The van der Waals surface area contributed by atoms with E-state index in [0.29, 0.717) is 6.04 Å². The molecule has 4 nitrogen and oxygen atoms in total. The van der Waals surface area contributed by atoms with Crippen LogP contribution in [-0.4, -0.2) is 47.9 Å². The summed E-state index contributed by atoms with van der Waals surface area (Å²) in [6, 6.07) is 8.28. The van der Waals surface area contributed by atoms with E-state index in [2.05, 4.69) is 9.80 Å². The first-order valence-corrected chi connectivity index (χ1v) is 9.75. The first-order chi connectivity index (χ1) is 12.2. The zero-order chi connectivity index (χ0) is 17.2. The molecule has 0 bridgehead atoms. The molecule has 1 aromatic carbocycles. The Balaban J connectivity index is 1.53. The third-order valence-corrected chi connectivity index (χ3v) is 5.76. The molecule has 134 valence electrons. The number of furan rings is 1. The van der Waals surface area contributed by atoms with Gasteiger partial charge >= 0.3 is 0 Å². The standard InChI is InChI=1S/C21H28N2O2/c1-16-15-17-7-6-9-19(20(17)25-16)21(24)23-13-3-2-8-18(23)10-14-22-11-4-5-12-22/h6-7,9,15,18H,2-5,8,10-14H2,1H3. The summed E-state index contributed by atoms with van der Waals surface area (Å²) in [7, 11) is 0. The number of carbonyl (C=O) groups excluding carboxylic acids is 1. The highest BCUT2D eigenvalue weighted by Crippen LogP contribution is 2.28. The Kier molecular flexibility index (Phi) is 4.80. The minimum Gasteiger partial charge on any atom is -0.461 e. The van der Waals surface area contributed by atoms with Crippen LogP contribution >= 0.6 is 0 Å². The molecule has 1 aromatic heterocycles. The number of benzene rings is 1. The quantitative estimate of drug-likeness (QED) is 0.836. The Labute approximate surface area is 149 Å². The lowest BCUT2D eigenvalue weighted by Gasteiger charge is -2.36. The van der Waals surface area contributed by atoms with Gasteiger partial charge in [-0.15, -0.1) is 0 Å². The average molecular weight is 340 g/mol. The highest BCUT2D eigenvalue weighted by Gasteiger charge is 2.29. The van der Waals surface area contributed by atoms with Crippen molar-refractivity contribution in [3.05, 3.63) is 35.6 Å². The smallest absolute Gasteiger partial charge is 0.257 e. The van der Waals surface area contributed by atoms with Gasteiger partial charge in [0.1, 0.15) is 11.3 Å². The number of nitrogens with zero attached hydrogens (tertiary/aromatic N) is 2. The van der Waals surface area contributed by atoms with Crippen molar-refractivity contribution in [3.8, 4) is 0 Å². The summed E-state index contributed by atoms with van der Waals surface area (Å²) in [5.41, 5.74) is 1.47. The summed E-state index contributed by atoms with van der Waals surface area (Å²) < 4.78 is 5.83. The van der Waals surface area contributed by atoms with Crippen molar-refractivity contribution in [2.75, 3.05) is 26.2 Å². The summed E-state index contributed by atoms with van der Waals surface area (Å²) in [4.78, 5) is 17.9. The molecule has 2 aromatic rings.